The Balaban J connectivity index is 1.80. The van der Waals surface area contributed by atoms with E-state index >= 15 is 0 Å². The van der Waals surface area contributed by atoms with Gasteiger partial charge in [0.1, 0.15) is 5.76 Å². The van der Waals surface area contributed by atoms with Crippen LogP contribution in [0, 0.1) is 0 Å². The van der Waals surface area contributed by atoms with Crippen molar-refractivity contribution in [3.63, 3.8) is 0 Å². The van der Waals surface area contributed by atoms with Crippen molar-refractivity contribution in [2.75, 3.05) is 13.2 Å². The van der Waals surface area contributed by atoms with Crippen LogP contribution >= 0.6 is 0 Å². The van der Waals surface area contributed by atoms with E-state index in [-0.39, 0.29) is 17.3 Å². The van der Waals surface area contributed by atoms with Crippen LogP contribution in [0.1, 0.15) is 31.7 Å². The predicted octanol–water partition coefficient (Wildman–Crippen LogP) is 2.80. The zero-order chi connectivity index (χ0) is 14.9. The van der Waals surface area contributed by atoms with Crippen molar-refractivity contribution in [1.29, 1.82) is 0 Å². The van der Waals surface area contributed by atoms with Crippen LogP contribution in [-0.4, -0.2) is 34.7 Å². The molecule has 1 spiro atoms. The van der Waals surface area contributed by atoms with Gasteiger partial charge in [-0.2, -0.15) is 0 Å². The van der Waals surface area contributed by atoms with Crippen LogP contribution in [0.3, 0.4) is 0 Å². The highest BCUT2D eigenvalue weighted by Gasteiger charge is 2.55. The molecule has 0 amide bonds. The first-order chi connectivity index (χ1) is 10.2. The Hall–Kier alpha value is -1.81. The molecule has 4 heteroatoms. The summed E-state index contributed by atoms with van der Waals surface area (Å²) in [6, 6.07) is 10.2. The first-order valence-corrected chi connectivity index (χ1v) is 7.56. The summed E-state index contributed by atoms with van der Waals surface area (Å²) in [4.78, 5) is 14.2. The molecule has 1 aromatic rings. The van der Waals surface area contributed by atoms with Crippen molar-refractivity contribution >= 4 is 5.97 Å². The number of hydrogen-bond acceptors (Lipinski definition) is 4. The summed E-state index contributed by atoms with van der Waals surface area (Å²) in [5.41, 5.74) is 1.38. The van der Waals surface area contributed by atoms with E-state index in [2.05, 4.69) is 17.0 Å². The fraction of sp³-hybridized carbons (Fsp3) is 0.471. The summed E-state index contributed by atoms with van der Waals surface area (Å²) in [5.74, 6) is -0.122. The minimum Gasteiger partial charge on any atom is -0.510 e. The van der Waals surface area contributed by atoms with Crippen molar-refractivity contribution in [2.45, 2.75) is 38.3 Å². The van der Waals surface area contributed by atoms with Crippen molar-refractivity contribution in [2.24, 2.45) is 0 Å². The van der Waals surface area contributed by atoms with Crippen LogP contribution in [0.5, 0.6) is 0 Å². The van der Waals surface area contributed by atoms with E-state index in [4.69, 9.17) is 4.74 Å². The van der Waals surface area contributed by atoms with E-state index < -0.39 is 0 Å². The van der Waals surface area contributed by atoms with Gasteiger partial charge in [-0.25, -0.2) is 4.79 Å². The zero-order valence-electron chi connectivity index (χ0n) is 12.3. The lowest BCUT2D eigenvalue weighted by atomic mass is 9.97. The first-order valence-electron chi connectivity index (χ1n) is 7.56. The van der Waals surface area contributed by atoms with E-state index in [0.29, 0.717) is 18.6 Å². The molecule has 0 radical (unpaired) electrons. The van der Waals surface area contributed by atoms with Crippen molar-refractivity contribution in [3.8, 4) is 0 Å². The fourth-order valence-electron chi connectivity index (χ4n) is 3.13. The van der Waals surface area contributed by atoms with Gasteiger partial charge < -0.3 is 9.84 Å². The van der Waals surface area contributed by atoms with E-state index in [0.717, 1.165) is 25.9 Å². The van der Waals surface area contributed by atoms with Gasteiger partial charge >= 0.3 is 5.97 Å². The van der Waals surface area contributed by atoms with Gasteiger partial charge in [-0.05, 0) is 31.7 Å². The molecule has 1 fully saturated rings. The summed E-state index contributed by atoms with van der Waals surface area (Å²) >= 11 is 0. The number of benzene rings is 1. The quantitative estimate of drug-likeness (QED) is 0.865. The molecule has 1 N–H and O–H groups in total. The maximum Gasteiger partial charge on any atom is 0.337 e. The van der Waals surface area contributed by atoms with Crippen molar-refractivity contribution in [3.05, 3.63) is 47.2 Å². The minimum absolute atomic E-state index is 0.239. The summed E-state index contributed by atoms with van der Waals surface area (Å²) in [5, 5.41) is 10.5. The van der Waals surface area contributed by atoms with Gasteiger partial charge in [-0.15, -0.1) is 0 Å². The molecular formula is C17H21NO3. The van der Waals surface area contributed by atoms with Crippen molar-refractivity contribution in [1.82, 2.24) is 4.90 Å². The highest BCUT2D eigenvalue weighted by Crippen LogP contribution is 2.51. The fourth-order valence-corrected chi connectivity index (χ4v) is 3.13. The third-order valence-electron chi connectivity index (χ3n) is 4.43. The summed E-state index contributed by atoms with van der Waals surface area (Å²) in [7, 11) is 0. The lowest BCUT2D eigenvalue weighted by molar-refractivity contribution is -0.139. The van der Waals surface area contributed by atoms with Gasteiger partial charge in [0, 0.05) is 13.1 Å². The van der Waals surface area contributed by atoms with Crippen LogP contribution < -0.4 is 0 Å². The zero-order valence-corrected chi connectivity index (χ0v) is 12.3. The molecule has 0 atom stereocenters. The lowest BCUT2D eigenvalue weighted by Crippen LogP contribution is -2.44. The molecule has 1 heterocycles. The SMILES string of the molecule is CCOC(=O)C1=C(O)C2(CC2)N(Cc2ccccc2)CC1. The topological polar surface area (TPSA) is 49.8 Å². The smallest absolute Gasteiger partial charge is 0.337 e. The molecule has 1 aromatic carbocycles. The van der Waals surface area contributed by atoms with Crippen LogP contribution in [-0.2, 0) is 16.1 Å². The third kappa shape index (κ3) is 2.56. The standard InChI is InChI=1S/C17H21NO3/c1-2-21-16(20)14-8-11-18(17(9-10-17)15(14)19)12-13-6-4-3-5-7-13/h3-7,19H,2,8-12H2,1H3. The normalized spacial score (nSPS) is 20.6. The highest BCUT2D eigenvalue weighted by atomic mass is 16.5. The second kappa shape index (κ2) is 5.53. The second-order valence-electron chi connectivity index (χ2n) is 5.74. The van der Waals surface area contributed by atoms with E-state index in [1.807, 2.05) is 18.2 Å². The maximum absolute atomic E-state index is 11.9. The molecule has 0 bridgehead atoms. The second-order valence-corrected chi connectivity index (χ2v) is 5.74. The molecule has 0 aromatic heterocycles. The van der Waals surface area contributed by atoms with Gasteiger partial charge in [0.15, 0.2) is 0 Å². The molecule has 0 saturated heterocycles. The van der Waals surface area contributed by atoms with Gasteiger partial charge in [0.25, 0.3) is 0 Å². The van der Waals surface area contributed by atoms with E-state index in [1.165, 1.54) is 5.56 Å². The summed E-state index contributed by atoms with van der Waals surface area (Å²) < 4.78 is 5.05. The van der Waals surface area contributed by atoms with Crippen LogP contribution in [0.2, 0.25) is 0 Å². The Morgan fingerprint density at radius 1 is 1.33 bits per heavy atom. The molecule has 1 aliphatic carbocycles. The minimum atomic E-state index is -0.361. The Morgan fingerprint density at radius 3 is 2.67 bits per heavy atom. The highest BCUT2D eigenvalue weighted by molar-refractivity contribution is 5.89. The predicted molar refractivity (Wildman–Crippen MR) is 79.7 cm³/mol. The monoisotopic (exact) mass is 287 g/mol. The van der Waals surface area contributed by atoms with E-state index in [9.17, 15) is 9.90 Å². The molecule has 1 saturated carbocycles. The Kier molecular flexibility index (Phi) is 3.72. The first kappa shape index (κ1) is 14.1. The molecule has 1 aliphatic heterocycles. The largest absolute Gasteiger partial charge is 0.510 e. The van der Waals surface area contributed by atoms with Crippen LogP contribution in [0.25, 0.3) is 0 Å². The average molecular weight is 287 g/mol. The number of ether oxygens (including phenoxy) is 1. The number of carbonyl (C=O) groups is 1. The Morgan fingerprint density at radius 2 is 2.05 bits per heavy atom. The summed E-state index contributed by atoms with van der Waals surface area (Å²) in [6.07, 6.45) is 2.38. The van der Waals surface area contributed by atoms with Crippen LogP contribution in [0.15, 0.2) is 41.7 Å². The Bertz CT molecular complexity index is 561. The molecule has 2 aliphatic rings. The van der Waals surface area contributed by atoms with E-state index in [1.54, 1.807) is 6.92 Å². The maximum atomic E-state index is 11.9. The third-order valence-corrected chi connectivity index (χ3v) is 4.43. The van der Waals surface area contributed by atoms with Gasteiger partial charge in [0.05, 0.1) is 17.7 Å². The molecule has 3 rings (SSSR count). The van der Waals surface area contributed by atoms with Gasteiger partial charge in [0.2, 0.25) is 0 Å². The number of hydrogen-bond donors (Lipinski definition) is 1. The number of nitrogens with zero attached hydrogens (tertiary/aromatic N) is 1. The number of rotatable bonds is 4. The molecule has 112 valence electrons. The number of esters is 1. The number of aliphatic hydroxyl groups is 1. The molecule has 4 nitrogen and oxygen atoms in total. The molecular weight excluding hydrogens is 266 g/mol. The number of aliphatic hydroxyl groups excluding tert-OH is 1. The average Bonchev–Trinajstić information content (AvgIpc) is 3.27. The van der Waals surface area contributed by atoms with Gasteiger partial charge in [-0.3, -0.25) is 4.90 Å². The Labute approximate surface area is 125 Å². The van der Waals surface area contributed by atoms with Crippen LogP contribution in [0.4, 0.5) is 0 Å². The molecule has 0 unspecified atom stereocenters. The number of carbonyl (C=O) groups excluding carboxylic acids is 1. The molecule has 21 heavy (non-hydrogen) atoms. The lowest BCUT2D eigenvalue weighted by Gasteiger charge is -2.36. The van der Waals surface area contributed by atoms with Gasteiger partial charge in [-0.1, -0.05) is 30.3 Å². The summed E-state index contributed by atoms with van der Waals surface area (Å²) in [6.45, 7) is 3.72. The van der Waals surface area contributed by atoms with Crippen molar-refractivity contribution < 1.29 is 14.6 Å².